The highest BCUT2D eigenvalue weighted by atomic mass is 16.3. The summed E-state index contributed by atoms with van der Waals surface area (Å²) in [7, 11) is 1.95. The van der Waals surface area contributed by atoms with Crippen LogP contribution in [0.2, 0.25) is 0 Å². The quantitative estimate of drug-likeness (QED) is 0.874. The Kier molecular flexibility index (Phi) is 5.13. The maximum absolute atomic E-state index is 13.1. The van der Waals surface area contributed by atoms with Gasteiger partial charge in [-0.3, -0.25) is 9.59 Å². The van der Waals surface area contributed by atoms with Crippen molar-refractivity contribution in [2.45, 2.75) is 19.9 Å². The van der Waals surface area contributed by atoms with E-state index < -0.39 is 0 Å². The van der Waals surface area contributed by atoms with Gasteiger partial charge < -0.3 is 19.9 Å². The standard InChI is InChI=1S/C20H25N3O3/c1-13-17(9-19(22(13)3)15-7-5-4-6-8-15)20(26)23-10-16(12-24)18(11-23)21-14(2)25/h4-9,16,18,24H,10-12H2,1-3H3,(H,21,25). The van der Waals surface area contributed by atoms with E-state index in [-0.39, 0.29) is 30.4 Å². The molecule has 1 fully saturated rings. The lowest BCUT2D eigenvalue weighted by molar-refractivity contribution is -0.119. The van der Waals surface area contributed by atoms with Gasteiger partial charge in [0.1, 0.15) is 0 Å². The lowest BCUT2D eigenvalue weighted by Gasteiger charge is -2.17. The Morgan fingerprint density at radius 3 is 2.54 bits per heavy atom. The van der Waals surface area contributed by atoms with Crippen LogP contribution in [-0.4, -0.2) is 52.1 Å². The van der Waals surface area contributed by atoms with Crippen molar-refractivity contribution in [3.8, 4) is 11.3 Å². The van der Waals surface area contributed by atoms with E-state index in [0.717, 1.165) is 17.0 Å². The van der Waals surface area contributed by atoms with Gasteiger partial charge in [-0.2, -0.15) is 0 Å². The monoisotopic (exact) mass is 355 g/mol. The van der Waals surface area contributed by atoms with Crippen LogP contribution in [0.5, 0.6) is 0 Å². The summed E-state index contributed by atoms with van der Waals surface area (Å²) in [6.07, 6.45) is 0. The highest BCUT2D eigenvalue weighted by molar-refractivity contribution is 5.97. The van der Waals surface area contributed by atoms with Crippen molar-refractivity contribution in [2.75, 3.05) is 19.7 Å². The molecule has 0 aliphatic carbocycles. The van der Waals surface area contributed by atoms with Gasteiger partial charge in [-0.25, -0.2) is 0 Å². The van der Waals surface area contributed by atoms with Crippen molar-refractivity contribution < 1.29 is 14.7 Å². The van der Waals surface area contributed by atoms with Crippen LogP contribution in [0.3, 0.4) is 0 Å². The predicted octanol–water partition coefficient (Wildman–Crippen LogP) is 1.57. The van der Waals surface area contributed by atoms with Gasteiger partial charge >= 0.3 is 0 Å². The van der Waals surface area contributed by atoms with Crippen LogP contribution in [0.4, 0.5) is 0 Å². The number of carbonyl (C=O) groups excluding carboxylic acids is 2. The second kappa shape index (κ2) is 7.33. The molecule has 2 N–H and O–H groups in total. The van der Waals surface area contributed by atoms with E-state index in [0.29, 0.717) is 18.7 Å². The van der Waals surface area contributed by atoms with E-state index in [9.17, 15) is 14.7 Å². The SMILES string of the molecule is CC(=O)NC1CN(C(=O)c2cc(-c3ccccc3)n(C)c2C)CC1CO. The molecule has 0 saturated carbocycles. The van der Waals surface area contributed by atoms with E-state index in [1.54, 1.807) is 4.90 Å². The Morgan fingerprint density at radius 1 is 1.23 bits per heavy atom. The van der Waals surface area contributed by atoms with Gasteiger partial charge in [0.15, 0.2) is 0 Å². The number of amides is 2. The van der Waals surface area contributed by atoms with Gasteiger partial charge in [-0.15, -0.1) is 0 Å². The van der Waals surface area contributed by atoms with E-state index >= 15 is 0 Å². The van der Waals surface area contributed by atoms with Crippen molar-refractivity contribution in [1.82, 2.24) is 14.8 Å². The molecule has 6 heteroatoms. The van der Waals surface area contributed by atoms with E-state index in [1.807, 2.05) is 54.9 Å². The summed E-state index contributed by atoms with van der Waals surface area (Å²) in [6, 6.07) is 11.7. The van der Waals surface area contributed by atoms with Crippen LogP contribution in [-0.2, 0) is 11.8 Å². The molecule has 1 aromatic carbocycles. The molecule has 0 bridgehead atoms. The molecule has 0 spiro atoms. The molecule has 138 valence electrons. The van der Waals surface area contributed by atoms with Crippen molar-refractivity contribution in [1.29, 1.82) is 0 Å². The molecular formula is C20H25N3O3. The molecule has 1 aromatic heterocycles. The number of nitrogens with zero attached hydrogens (tertiary/aromatic N) is 2. The van der Waals surface area contributed by atoms with E-state index in [1.165, 1.54) is 6.92 Å². The van der Waals surface area contributed by atoms with Crippen LogP contribution in [0.25, 0.3) is 11.3 Å². The molecule has 6 nitrogen and oxygen atoms in total. The minimum atomic E-state index is -0.209. The molecule has 1 aliphatic heterocycles. The molecule has 2 amide bonds. The molecule has 26 heavy (non-hydrogen) atoms. The maximum atomic E-state index is 13.1. The number of aromatic nitrogens is 1. The number of aliphatic hydroxyl groups is 1. The van der Waals surface area contributed by atoms with Gasteiger partial charge in [-0.05, 0) is 18.6 Å². The molecule has 0 radical (unpaired) electrons. The van der Waals surface area contributed by atoms with Gasteiger partial charge in [0.05, 0.1) is 11.6 Å². The van der Waals surface area contributed by atoms with Crippen molar-refractivity contribution in [3.63, 3.8) is 0 Å². The lowest BCUT2D eigenvalue weighted by Crippen LogP contribution is -2.40. The first-order valence-electron chi connectivity index (χ1n) is 8.81. The zero-order chi connectivity index (χ0) is 18.8. The Balaban J connectivity index is 1.86. The number of likely N-dealkylation sites (tertiary alicyclic amines) is 1. The first-order chi connectivity index (χ1) is 12.4. The third kappa shape index (κ3) is 3.37. The average molecular weight is 355 g/mol. The largest absolute Gasteiger partial charge is 0.396 e. The number of benzene rings is 1. The molecular weight excluding hydrogens is 330 g/mol. The summed E-state index contributed by atoms with van der Waals surface area (Å²) >= 11 is 0. The Labute approximate surface area is 153 Å². The van der Waals surface area contributed by atoms with Crippen LogP contribution < -0.4 is 5.32 Å². The van der Waals surface area contributed by atoms with E-state index in [2.05, 4.69) is 5.32 Å². The summed E-state index contributed by atoms with van der Waals surface area (Å²) in [4.78, 5) is 26.2. The number of aliphatic hydroxyl groups excluding tert-OH is 1. The normalized spacial score (nSPS) is 19.6. The number of carbonyl (C=O) groups is 2. The molecule has 2 heterocycles. The number of nitrogens with one attached hydrogen (secondary N) is 1. The summed E-state index contributed by atoms with van der Waals surface area (Å²) in [5.41, 5.74) is 3.61. The van der Waals surface area contributed by atoms with Crippen LogP contribution in [0.15, 0.2) is 36.4 Å². The van der Waals surface area contributed by atoms with Crippen molar-refractivity contribution in [3.05, 3.63) is 47.7 Å². The van der Waals surface area contributed by atoms with Crippen molar-refractivity contribution >= 4 is 11.8 Å². The van der Waals surface area contributed by atoms with Crippen LogP contribution in [0, 0.1) is 12.8 Å². The van der Waals surface area contributed by atoms with Crippen LogP contribution in [0.1, 0.15) is 23.0 Å². The Morgan fingerprint density at radius 2 is 1.92 bits per heavy atom. The highest BCUT2D eigenvalue weighted by Gasteiger charge is 2.36. The summed E-state index contributed by atoms with van der Waals surface area (Å²) in [6.45, 7) is 4.18. The molecule has 2 atom stereocenters. The molecule has 3 rings (SSSR count). The average Bonchev–Trinajstić information content (AvgIpc) is 3.16. The first-order valence-corrected chi connectivity index (χ1v) is 8.81. The molecule has 1 saturated heterocycles. The maximum Gasteiger partial charge on any atom is 0.255 e. The fourth-order valence-corrected chi connectivity index (χ4v) is 3.62. The smallest absolute Gasteiger partial charge is 0.255 e. The number of rotatable bonds is 4. The summed E-state index contributed by atoms with van der Waals surface area (Å²) in [5.74, 6) is -0.350. The van der Waals surface area contributed by atoms with Crippen LogP contribution >= 0.6 is 0 Å². The second-order valence-corrected chi connectivity index (χ2v) is 6.91. The second-order valence-electron chi connectivity index (χ2n) is 6.91. The minimum Gasteiger partial charge on any atom is -0.396 e. The van der Waals surface area contributed by atoms with Gasteiger partial charge in [0, 0.05) is 51.0 Å². The molecule has 1 aliphatic rings. The molecule has 2 unspecified atom stereocenters. The predicted molar refractivity (Wildman–Crippen MR) is 99.7 cm³/mol. The Hall–Kier alpha value is -2.60. The van der Waals surface area contributed by atoms with Gasteiger partial charge in [-0.1, -0.05) is 30.3 Å². The summed E-state index contributed by atoms with van der Waals surface area (Å²) in [5, 5.41) is 12.4. The topological polar surface area (TPSA) is 74.6 Å². The first kappa shape index (κ1) is 18.2. The Bertz CT molecular complexity index is 813. The fourth-order valence-electron chi connectivity index (χ4n) is 3.62. The summed E-state index contributed by atoms with van der Waals surface area (Å²) < 4.78 is 2.02. The highest BCUT2D eigenvalue weighted by Crippen LogP contribution is 2.27. The number of hydrogen-bond donors (Lipinski definition) is 2. The third-order valence-electron chi connectivity index (χ3n) is 5.19. The van der Waals surface area contributed by atoms with Gasteiger partial charge in [0.25, 0.3) is 5.91 Å². The molecule has 2 aromatic rings. The lowest BCUT2D eigenvalue weighted by atomic mass is 10.1. The van der Waals surface area contributed by atoms with Gasteiger partial charge in [0.2, 0.25) is 5.91 Å². The fraction of sp³-hybridized carbons (Fsp3) is 0.400. The zero-order valence-corrected chi connectivity index (χ0v) is 15.4. The third-order valence-corrected chi connectivity index (χ3v) is 5.19. The minimum absolute atomic E-state index is 0.0578. The number of hydrogen-bond acceptors (Lipinski definition) is 3. The zero-order valence-electron chi connectivity index (χ0n) is 15.4. The van der Waals surface area contributed by atoms with E-state index in [4.69, 9.17) is 0 Å². The van der Waals surface area contributed by atoms with Crippen molar-refractivity contribution in [2.24, 2.45) is 13.0 Å².